The molecule has 11 nitrogen and oxygen atoms in total. The van der Waals surface area contributed by atoms with Crippen LogP contribution in [0.2, 0.25) is 0 Å². The van der Waals surface area contributed by atoms with Gasteiger partial charge in [-0.1, -0.05) is 0 Å². The van der Waals surface area contributed by atoms with E-state index in [4.69, 9.17) is 42.6 Å². The Morgan fingerprint density at radius 3 is 1.41 bits per heavy atom. The van der Waals surface area contributed by atoms with Crippen LogP contribution in [0.15, 0.2) is 0 Å². The molecule has 2 saturated heterocycles. The lowest BCUT2D eigenvalue weighted by Gasteiger charge is -2.21. The molecule has 0 radical (unpaired) electrons. The van der Waals surface area contributed by atoms with Crippen molar-refractivity contribution >= 4 is 0 Å². The highest BCUT2D eigenvalue weighted by Gasteiger charge is 2.45. The van der Waals surface area contributed by atoms with Crippen LogP contribution in [-0.2, 0) is 42.6 Å². The van der Waals surface area contributed by atoms with Crippen LogP contribution < -0.4 is 0 Å². The minimum atomic E-state index is -0.904. The van der Waals surface area contributed by atoms with E-state index in [0.717, 1.165) is 0 Å². The van der Waals surface area contributed by atoms with Gasteiger partial charge in [0.25, 0.3) is 0 Å². The SMILES string of the molecule is COC[C@H]1O[C@@H](OC)[C@H](O)[C@@H]1OCCOCCO[C@H]1[C@@H](O)[C@H](OC)O[C@@H]1COC. The molecule has 0 unspecified atom stereocenters. The third kappa shape index (κ3) is 6.77. The third-order valence-corrected chi connectivity index (χ3v) is 4.78. The van der Waals surface area contributed by atoms with E-state index in [2.05, 4.69) is 0 Å². The minimum absolute atomic E-state index is 0.259. The Morgan fingerprint density at radius 1 is 0.655 bits per heavy atom. The Bertz CT molecular complexity index is 402. The largest absolute Gasteiger partial charge is 0.385 e. The Balaban J connectivity index is 1.63. The fourth-order valence-corrected chi connectivity index (χ4v) is 3.40. The van der Waals surface area contributed by atoms with E-state index in [1.807, 2.05) is 0 Å². The summed E-state index contributed by atoms with van der Waals surface area (Å²) >= 11 is 0. The molecule has 0 amide bonds. The number of aliphatic hydroxyl groups excluding tert-OH is 2. The van der Waals surface area contributed by atoms with E-state index in [1.165, 1.54) is 14.2 Å². The van der Waals surface area contributed by atoms with E-state index in [-0.39, 0.29) is 26.4 Å². The van der Waals surface area contributed by atoms with Gasteiger partial charge in [-0.3, -0.25) is 0 Å². The summed E-state index contributed by atoms with van der Waals surface area (Å²) in [6.07, 6.45) is -5.26. The van der Waals surface area contributed by atoms with Crippen molar-refractivity contribution in [2.75, 3.05) is 68.1 Å². The Labute approximate surface area is 171 Å². The van der Waals surface area contributed by atoms with Crippen LogP contribution >= 0.6 is 0 Å². The van der Waals surface area contributed by atoms with Crippen LogP contribution in [0.3, 0.4) is 0 Å². The average molecular weight is 426 g/mol. The van der Waals surface area contributed by atoms with Crippen molar-refractivity contribution in [1.29, 1.82) is 0 Å². The summed E-state index contributed by atoms with van der Waals surface area (Å²) in [4.78, 5) is 0. The predicted molar refractivity (Wildman–Crippen MR) is 97.4 cm³/mol. The molecule has 0 aromatic heterocycles. The van der Waals surface area contributed by atoms with Crippen LogP contribution in [0, 0.1) is 0 Å². The van der Waals surface area contributed by atoms with Crippen LogP contribution in [0.4, 0.5) is 0 Å². The van der Waals surface area contributed by atoms with Crippen LogP contribution in [0.5, 0.6) is 0 Å². The number of hydrogen-bond acceptors (Lipinski definition) is 11. The lowest BCUT2D eigenvalue weighted by atomic mass is 10.1. The summed E-state index contributed by atoms with van der Waals surface area (Å²) in [6.45, 7) is 1.69. The van der Waals surface area contributed by atoms with Crippen LogP contribution in [-0.4, -0.2) is 127 Å². The number of ether oxygens (including phenoxy) is 9. The van der Waals surface area contributed by atoms with Gasteiger partial charge in [0, 0.05) is 28.4 Å². The van der Waals surface area contributed by atoms with Gasteiger partial charge in [0.15, 0.2) is 12.6 Å². The van der Waals surface area contributed by atoms with Crippen LogP contribution in [0.25, 0.3) is 0 Å². The maximum atomic E-state index is 10.2. The second kappa shape index (κ2) is 13.1. The number of methoxy groups -OCH3 is 4. The molecular formula is C18H34O11. The summed E-state index contributed by atoms with van der Waals surface area (Å²) in [5.74, 6) is 0. The van der Waals surface area contributed by atoms with Crippen molar-refractivity contribution in [2.45, 2.75) is 49.2 Å². The quantitative estimate of drug-likeness (QED) is 0.316. The smallest absolute Gasteiger partial charge is 0.186 e. The molecule has 2 heterocycles. The van der Waals surface area contributed by atoms with Crippen molar-refractivity contribution < 1.29 is 52.8 Å². The summed E-state index contributed by atoms with van der Waals surface area (Å²) in [6, 6.07) is 0. The monoisotopic (exact) mass is 426 g/mol. The maximum Gasteiger partial charge on any atom is 0.186 e. The highest BCUT2D eigenvalue weighted by Crippen LogP contribution is 2.25. The number of aliphatic hydroxyl groups is 2. The topological polar surface area (TPSA) is 124 Å². The molecule has 2 fully saturated rings. The van der Waals surface area contributed by atoms with Gasteiger partial charge in [-0.05, 0) is 0 Å². The van der Waals surface area contributed by atoms with Gasteiger partial charge in [0.2, 0.25) is 0 Å². The Morgan fingerprint density at radius 2 is 1.07 bits per heavy atom. The summed E-state index contributed by atoms with van der Waals surface area (Å²) < 4.78 is 48.3. The highest BCUT2D eigenvalue weighted by molar-refractivity contribution is 4.89. The second-order valence-corrected chi connectivity index (χ2v) is 6.73. The van der Waals surface area contributed by atoms with Gasteiger partial charge < -0.3 is 52.8 Å². The van der Waals surface area contributed by atoms with Crippen LogP contribution in [0.1, 0.15) is 0 Å². The van der Waals surface area contributed by atoms with E-state index in [9.17, 15) is 10.2 Å². The first-order valence-corrected chi connectivity index (χ1v) is 9.58. The lowest BCUT2D eigenvalue weighted by Crippen LogP contribution is -2.38. The van der Waals surface area contributed by atoms with E-state index in [0.29, 0.717) is 13.2 Å². The molecule has 2 aliphatic heterocycles. The molecule has 0 spiro atoms. The molecule has 2 rings (SSSR count). The molecule has 2 aliphatic rings. The highest BCUT2D eigenvalue weighted by atomic mass is 16.7. The van der Waals surface area contributed by atoms with E-state index in [1.54, 1.807) is 14.2 Å². The number of rotatable bonds is 14. The average Bonchev–Trinajstić information content (AvgIpc) is 3.18. The zero-order valence-electron chi connectivity index (χ0n) is 17.4. The molecule has 8 atom stereocenters. The lowest BCUT2D eigenvalue weighted by molar-refractivity contribution is -0.154. The van der Waals surface area contributed by atoms with Gasteiger partial charge in [-0.15, -0.1) is 0 Å². The van der Waals surface area contributed by atoms with Crippen molar-refractivity contribution in [2.24, 2.45) is 0 Å². The van der Waals surface area contributed by atoms with Gasteiger partial charge in [0.05, 0.1) is 39.6 Å². The molecule has 0 aliphatic carbocycles. The van der Waals surface area contributed by atoms with Crippen molar-refractivity contribution in [3.8, 4) is 0 Å². The first-order valence-electron chi connectivity index (χ1n) is 9.58. The van der Waals surface area contributed by atoms with E-state index >= 15 is 0 Å². The summed E-state index contributed by atoms with van der Waals surface area (Å²) in [5.41, 5.74) is 0. The predicted octanol–water partition coefficient (Wildman–Crippen LogP) is -1.47. The molecular weight excluding hydrogens is 392 g/mol. The summed E-state index contributed by atoms with van der Waals surface area (Å²) in [7, 11) is 6.02. The van der Waals surface area contributed by atoms with Crippen molar-refractivity contribution in [3.05, 3.63) is 0 Å². The minimum Gasteiger partial charge on any atom is -0.385 e. The molecule has 0 aromatic carbocycles. The zero-order valence-corrected chi connectivity index (χ0v) is 17.4. The zero-order chi connectivity index (χ0) is 21.2. The van der Waals surface area contributed by atoms with Gasteiger partial charge in [-0.2, -0.15) is 0 Å². The van der Waals surface area contributed by atoms with Gasteiger partial charge >= 0.3 is 0 Å². The van der Waals surface area contributed by atoms with Gasteiger partial charge in [0.1, 0.15) is 36.6 Å². The second-order valence-electron chi connectivity index (χ2n) is 6.73. The normalized spacial score (nSPS) is 37.4. The standard InChI is InChI=1S/C18H34O11/c1-21-9-11-15(13(19)17(23-3)28-11)26-7-5-25-6-8-27-16-12(10-22-2)29-18(24-4)14(16)20/h11-20H,5-10H2,1-4H3/t11-,12-,13-,14-,15-,16-,17-,18-/m1/s1. The summed E-state index contributed by atoms with van der Waals surface area (Å²) in [5, 5.41) is 20.4. The number of hydrogen-bond donors (Lipinski definition) is 2. The molecule has 29 heavy (non-hydrogen) atoms. The fourth-order valence-electron chi connectivity index (χ4n) is 3.40. The molecule has 11 heteroatoms. The first kappa shape index (κ1) is 24.8. The third-order valence-electron chi connectivity index (χ3n) is 4.78. The first-order chi connectivity index (χ1) is 14.1. The molecule has 0 aromatic rings. The van der Waals surface area contributed by atoms with E-state index < -0.39 is 49.2 Å². The maximum absolute atomic E-state index is 10.2. The van der Waals surface area contributed by atoms with Crippen molar-refractivity contribution in [3.63, 3.8) is 0 Å². The molecule has 0 bridgehead atoms. The Hall–Kier alpha value is -0.440. The van der Waals surface area contributed by atoms with Gasteiger partial charge in [-0.25, -0.2) is 0 Å². The fraction of sp³-hybridized carbons (Fsp3) is 1.00. The molecule has 0 saturated carbocycles. The molecule has 172 valence electrons. The molecule has 2 N–H and O–H groups in total. The Kier molecular flexibility index (Phi) is 11.2. The van der Waals surface area contributed by atoms with Crippen molar-refractivity contribution in [1.82, 2.24) is 0 Å².